The van der Waals surface area contributed by atoms with Gasteiger partial charge >= 0.3 is 0 Å². The average molecular weight is 531 g/mol. The Bertz CT molecular complexity index is 1010. The number of ether oxygens (including phenoxy) is 2. The lowest BCUT2D eigenvalue weighted by molar-refractivity contribution is -0.156. The highest BCUT2D eigenvalue weighted by Gasteiger charge is 2.75. The number of rotatable bonds is 7. The third-order valence-electron chi connectivity index (χ3n) is 8.92. The third-order valence-corrected chi connectivity index (χ3v) is 8.92. The molecule has 3 amide bonds. The van der Waals surface area contributed by atoms with Gasteiger partial charge in [-0.2, -0.15) is 0 Å². The van der Waals surface area contributed by atoms with Gasteiger partial charge < -0.3 is 29.3 Å². The van der Waals surface area contributed by atoms with E-state index in [0.29, 0.717) is 45.8 Å². The van der Waals surface area contributed by atoms with Gasteiger partial charge in [0.1, 0.15) is 11.6 Å². The number of morpholine rings is 1. The number of hydrogen-bond donors (Lipinski definition) is 1. The molecule has 0 aromatic heterocycles. The zero-order chi connectivity index (χ0) is 27.2. The first-order valence-electron chi connectivity index (χ1n) is 14.0. The van der Waals surface area contributed by atoms with E-state index in [1.807, 2.05) is 45.1 Å². The van der Waals surface area contributed by atoms with E-state index in [4.69, 9.17) is 9.47 Å². The maximum absolute atomic E-state index is 14.4. The van der Waals surface area contributed by atoms with Crippen molar-refractivity contribution in [3.8, 4) is 0 Å². The minimum absolute atomic E-state index is 0.160. The van der Waals surface area contributed by atoms with Gasteiger partial charge in [0.25, 0.3) is 0 Å². The fourth-order valence-corrected chi connectivity index (χ4v) is 7.13. The maximum atomic E-state index is 14.4. The van der Waals surface area contributed by atoms with Crippen molar-refractivity contribution < 1.29 is 29.0 Å². The fraction of sp³-hybridized carbons (Fsp3) is 0.750. The lowest BCUT2D eigenvalue weighted by atomic mass is 9.74. The Hall–Kier alpha value is -2.27. The summed E-state index contributed by atoms with van der Waals surface area (Å²) >= 11 is 0. The molecule has 5 aliphatic heterocycles. The molecular formula is C28H42N4O6. The van der Waals surface area contributed by atoms with Gasteiger partial charge in [-0.05, 0) is 19.3 Å². The molecule has 5 heterocycles. The Kier molecular flexibility index (Phi) is 7.45. The van der Waals surface area contributed by atoms with Crippen LogP contribution in [0.2, 0.25) is 0 Å². The lowest BCUT2D eigenvalue weighted by Crippen LogP contribution is -2.59. The van der Waals surface area contributed by atoms with Gasteiger partial charge in [-0.3, -0.25) is 19.3 Å². The van der Waals surface area contributed by atoms with Crippen molar-refractivity contribution >= 4 is 17.7 Å². The molecule has 10 heteroatoms. The zero-order valence-electron chi connectivity index (χ0n) is 23.0. The van der Waals surface area contributed by atoms with Crippen LogP contribution in [0.5, 0.6) is 0 Å². The van der Waals surface area contributed by atoms with Crippen molar-refractivity contribution in [2.24, 2.45) is 17.8 Å². The standard InChI is InChI=1S/C28H42N4O6/c1-19(2)17-20(18-33)32-23-26(36)31(12-11-30-13-15-37-16-14-30)10-6-8-28(23)22(25(32)35)21-24(34)29(4)9-5-7-27(21,3)38-28/h5-8,19-23,33H,9-18H2,1-4H3/t20-,21-,22+,23?,27+,28+/m1/s1. The van der Waals surface area contributed by atoms with E-state index in [2.05, 4.69) is 4.90 Å². The Balaban J connectivity index is 1.55. The molecule has 0 bridgehead atoms. The SMILES string of the molecule is CC(C)C[C@H](CO)N1C(=O)[C@@H]2[C@@H]3C(=O)N(C)CC=C[C@]3(C)O[C@@]23C=CCN(CCN2CCOCC2)C(=O)C13. The molecule has 10 nitrogen and oxygen atoms in total. The molecule has 0 radical (unpaired) electrons. The number of likely N-dealkylation sites (N-methyl/N-ethyl adjacent to an activating group) is 1. The van der Waals surface area contributed by atoms with E-state index in [-0.39, 0.29) is 30.2 Å². The molecule has 1 N–H and O–H groups in total. The largest absolute Gasteiger partial charge is 0.394 e. The van der Waals surface area contributed by atoms with Crippen molar-refractivity contribution in [2.45, 2.75) is 50.5 Å². The highest BCUT2D eigenvalue weighted by atomic mass is 16.5. The van der Waals surface area contributed by atoms with Gasteiger partial charge in [-0.1, -0.05) is 38.2 Å². The van der Waals surface area contributed by atoms with Crippen LogP contribution in [0.4, 0.5) is 0 Å². The third kappa shape index (κ3) is 4.39. The first kappa shape index (κ1) is 27.3. The summed E-state index contributed by atoms with van der Waals surface area (Å²) in [7, 11) is 1.73. The normalized spacial score (nSPS) is 36.4. The van der Waals surface area contributed by atoms with Crippen LogP contribution in [0.1, 0.15) is 27.2 Å². The monoisotopic (exact) mass is 530 g/mol. The molecule has 1 unspecified atom stereocenters. The van der Waals surface area contributed by atoms with Gasteiger partial charge in [-0.25, -0.2) is 0 Å². The molecule has 38 heavy (non-hydrogen) atoms. The summed E-state index contributed by atoms with van der Waals surface area (Å²) in [6, 6.07) is -1.50. The number of aliphatic hydroxyl groups excluding tert-OH is 1. The Morgan fingerprint density at radius 3 is 2.39 bits per heavy atom. The number of likely N-dealkylation sites (tertiary alicyclic amines) is 1. The Morgan fingerprint density at radius 2 is 1.71 bits per heavy atom. The molecule has 1 spiro atoms. The Labute approximate surface area is 225 Å². The highest BCUT2D eigenvalue weighted by Crippen LogP contribution is 2.57. The summed E-state index contributed by atoms with van der Waals surface area (Å²) in [6.07, 6.45) is 8.13. The second kappa shape index (κ2) is 10.4. The van der Waals surface area contributed by atoms with E-state index < -0.39 is 35.1 Å². The lowest BCUT2D eigenvalue weighted by Gasteiger charge is -2.40. The second-order valence-electron chi connectivity index (χ2n) is 12.0. The molecule has 5 aliphatic rings. The Morgan fingerprint density at radius 1 is 1.00 bits per heavy atom. The second-order valence-corrected chi connectivity index (χ2v) is 12.0. The van der Waals surface area contributed by atoms with E-state index in [0.717, 1.165) is 13.1 Å². The average Bonchev–Trinajstić information content (AvgIpc) is 3.17. The molecule has 3 saturated heterocycles. The maximum Gasteiger partial charge on any atom is 0.249 e. The topological polar surface area (TPSA) is 103 Å². The summed E-state index contributed by atoms with van der Waals surface area (Å²) in [5.74, 6) is -2.05. The molecule has 0 aliphatic carbocycles. The molecular weight excluding hydrogens is 488 g/mol. The molecule has 0 saturated carbocycles. The summed E-state index contributed by atoms with van der Waals surface area (Å²) in [6.45, 7) is 10.7. The smallest absolute Gasteiger partial charge is 0.249 e. The minimum atomic E-state index is -1.29. The predicted molar refractivity (Wildman–Crippen MR) is 140 cm³/mol. The van der Waals surface area contributed by atoms with Crippen LogP contribution < -0.4 is 0 Å². The molecule has 0 aromatic rings. The summed E-state index contributed by atoms with van der Waals surface area (Å²) in [4.78, 5) is 49.7. The van der Waals surface area contributed by atoms with Crippen LogP contribution in [0.15, 0.2) is 24.3 Å². The number of hydrogen-bond acceptors (Lipinski definition) is 7. The van der Waals surface area contributed by atoms with E-state index in [1.54, 1.807) is 21.7 Å². The van der Waals surface area contributed by atoms with E-state index in [1.165, 1.54) is 0 Å². The number of fused-ring (bicyclic) bond motifs is 2. The predicted octanol–water partition coefficient (Wildman–Crippen LogP) is 0.123. The van der Waals surface area contributed by atoms with E-state index in [9.17, 15) is 19.5 Å². The zero-order valence-corrected chi connectivity index (χ0v) is 23.0. The van der Waals surface area contributed by atoms with Crippen LogP contribution in [0.3, 0.4) is 0 Å². The molecule has 5 rings (SSSR count). The number of carbonyl (C=O) groups excluding carboxylic acids is 3. The molecule has 3 fully saturated rings. The van der Waals surface area contributed by atoms with Crippen molar-refractivity contribution in [2.75, 3.05) is 66.1 Å². The first-order chi connectivity index (χ1) is 18.1. The van der Waals surface area contributed by atoms with Gasteiger partial charge in [0.05, 0.1) is 43.3 Å². The summed E-state index contributed by atoms with van der Waals surface area (Å²) in [5, 5.41) is 10.4. The summed E-state index contributed by atoms with van der Waals surface area (Å²) < 4.78 is 12.3. The van der Waals surface area contributed by atoms with Crippen LogP contribution in [0.25, 0.3) is 0 Å². The number of carbonyl (C=O) groups is 3. The number of aliphatic hydroxyl groups is 1. The van der Waals surface area contributed by atoms with Crippen molar-refractivity contribution in [3.63, 3.8) is 0 Å². The minimum Gasteiger partial charge on any atom is -0.394 e. The van der Waals surface area contributed by atoms with Gasteiger partial charge in [0, 0.05) is 46.3 Å². The van der Waals surface area contributed by atoms with Crippen LogP contribution in [0, 0.1) is 17.8 Å². The van der Waals surface area contributed by atoms with Gasteiger partial charge in [0.15, 0.2) is 0 Å². The van der Waals surface area contributed by atoms with Crippen LogP contribution in [-0.4, -0.2) is 132 Å². The van der Waals surface area contributed by atoms with Crippen molar-refractivity contribution in [3.05, 3.63) is 24.3 Å². The van der Waals surface area contributed by atoms with Crippen LogP contribution >= 0.6 is 0 Å². The molecule has 210 valence electrons. The number of nitrogens with zero attached hydrogens (tertiary/aromatic N) is 4. The van der Waals surface area contributed by atoms with Gasteiger partial charge in [-0.15, -0.1) is 0 Å². The summed E-state index contributed by atoms with van der Waals surface area (Å²) in [5.41, 5.74) is -2.31. The quantitative estimate of drug-likeness (QED) is 0.467. The fourth-order valence-electron chi connectivity index (χ4n) is 7.13. The van der Waals surface area contributed by atoms with Crippen molar-refractivity contribution in [1.82, 2.24) is 19.6 Å². The van der Waals surface area contributed by atoms with Crippen molar-refractivity contribution in [1.29, 1.82) is 0 Å². The van der Waals surface area contributed by atoms with Gasteiger partial charge in [0.2, 0.25) is 17.7 Å². The first-order valence-corrected chi connectivity index (χ1v) is 14.0. The molecule has 6 atom stereocenters. The molecule has 0 aromatic carbocycles. The highest BCUT2D eigenvalue weighted by molar-refractivity contribution is 6.00. The number of amides is 3. The van der Waals surface area contributed by atoms with Crippen LogP contribution in [-0.2, 0) is 23.9 Å². The van der Waals surface area contributed by atoms with E-state index >= 15 is 0 Å².